The average Bonchev–Trinajstić information content (AvgIpc) is 3.46. The summed E-state index contributed by atoms with van der Waals surface area (Å²) in [6, 6.07) is 8.54. The second-order valence-corrected chi connectivity index (χ2v) is 7.28. The van der Waals surface area contributed by atoms with Gasteiger partial charge in [-0.05, 0) is 49.2 Å². The van der Waals surface area contributed by atoms with Gasteiger partial charge in [-0.3, -0.25) is 14.4 Å². The van der Waals surface area contributed by atoms with Crippen molar-refractivity contribution < 1.29 is 18.8 Å². The summed E-state index contributed by atoms with van der Waals surface area (Å²) in [6.07, 6.45) is 4.23. The van der Waals surface area contributed by atoms with Gasteiger partial charge in [-0.25, -0.2) is 9.67 Å². The van der Waals surface area contributed by atoms with E-state index in [1.807, 2.05) is 13.8 Å². The van der Waals surface area contributed by atoms with Crippen LogP contribution in [0.25, 0.3) is 0 Å². The second kappa shape index (κ2) is 9.70. The third-order valence-corrected chi connectivity index (χ3v) is 4.61. The number of furan rings is 1. The van der Waals surface area contributed by atoms with Crippen LogP contribution in [0.2, 0.25) is 0 Å². The van der Waals surface area contributed by atoms with Crippen LogP contribution in [0.5, 0.6) is 0 Å². The van der Waals surface area contributed by atoms with Crippen LogP contribution in [-0.2, 0) is 9.59 Å². The van der Waals surface area contributed by atoms with E-state index in [-0.39, 0.29) is 23.5 Å². The van der Waals surface area contributed by atoms with Gasteiger partial charge in [-0.15, -0.1) is 0 Å². The number of anilines is 2. The van der Waals surface area contributed by atoms with Crippen LogP contribution in [0.15, 0.2) is 59.7 Å². The van der Waals surface area contributed by atoms with Gasteiger partial charge in [0.1, 0.15) is 24.7 Å². The van der Waals surface area contributed by atoms with E-state index in [1.165, 1.54) is 29.7 Å². The number of hydrogen-bond donors (Lipinski definition) is 3. The number of nitrogens with one attached hydrogen (secondary N) is 3. The summed E-state index contributed by atoms with van der Waals surface area (Å²) >= 11 is 0. The Labute approximate surface area is 179 Å². The zero-order chi connectivity index (χ0) is 22.4. The van der Waals surface area contributed by atoms with E-state index in [9.17, 15) is 14.4 Å². The molecule has 0 radical (unpaired) electrons. The van der Waals surface area contributed by atoms with Crippen molar-refractivity contribution in [1.29, 1.82) is 0 Å². The molecule has 3 amide bonds. The first-order valence-electron chi connectivity index (χ1n) is 9.75. The molecule has 1 aromatic carbocycles. The number of rotatable bonds is 8. The lowest BCUT2D eigenvalue weighted by Gasteiger charge is -2.21. The molecular formula is C21H24N6O4. The van der Waals surface area contributed by atoms with Gasteiger partial charge in [0.05, 0.1) is 6.26 Å². The monoisotopic (exact) mass is 424 g/mol. The molecule has 2 aromatic heterocycles. The van der Waals surface area contributed by atoms with Crippen LogP contribution in [0, 0.1) is 5.92 Å². The lowest BCUT2D eigenvalue weighted by atomic mass is 10.0. The van der Waals surface area contributed by atoms with Gasteiger partial charge in [0.2, 0.25) is 11.8 Å². The van der Waals surface area contributed by atoms with Crippen molar-refractivity contribution in [3.8, 4) is 0 Å². The molecule has 0 fully saturated rings. The van der Waals surface area contributed by atoms with Crippen LogP contribution in [0.3, 0.4) is 0 Å². The number of carbonyl (C=O) groups is 3. The minimum Gasteiger partial charge on any atom is -0.459 e. The van der Waals surface area contributed by atoms with Gasteiger partial charge in [0.15, 0.2) is 5.76 Å². The van der Waals surface area contributed by atoms with E-state index < -0.39 is 18.0 Å². The van der Waals surface area contributed by atoms with Crippen molar-refractivity contribution in [3.63, 3.8) is 0 Å². The standard InChI is InChI=1S/C21H24N6O4/c1-13(2)18(26-20(29)17-5-4-10-31-17)21(30)25-16-8-6-15(7-9-16)24-19(28)14(3)27-12-22-11-23-27/h4-14,18H,1-3H3,(H,24,28)(H,25,30)(H,26,29). The Bertz CT molecular complexity index is 1010. The van der Waals surface area contributed by atoms with Crippen molar-refractivity contribution in [2.24, 2.45) is 5.92 Å². The van der Waals surface area contributed by atoms with Crippen molar-refractivity contribution in [2.45, 2.75) is 32.9 Å². The molecule has 0 saturated carbocycles. The predicted octanol–water partition coefficient (Wildman–Crippen LogP) is 2.46. The van der Waals surface area contributed by atoms with Crippen molar-refractivity contribution in [1.82, 2.24) is 20.1 Å². The fourth-order valence-electron chi connectivity index (χ4n) is 2.80. The Balaban J connectivity index is 1.59. The number of nitrogens with zero attached hydrogens (tertiary/aromatic N) is 3. The highest BCUT2D eigenvalue weighted by molar-refractivity contribution is 6.00. The first kappa shape index (κ1) is 21.8. The van der Waals surface area contributed by atoms with Gasteiger partial charge >= 0.3 is 0 Å². The Morgan fingerprint density at radius 1 is 0.968 bits per heavy atom. The molecule has 0 spiro atoms. The summed E-state index contributed by atoms with van der Waals surface area (Å²) in [5.41, 5.74) is 1.10. The van der Waals surface area contributed by atoms with Crippen molar-refractivity contribution in [2.75, 3.05) is 10.6 Å². The molecular weight excluding hydrogens is 400 g/mol. The molecule has 3 N–H and O–H groups in total. The Kier molecular flexibility index (Phi) is 6.81. The zero-order valence-electron chi connectivity index (χ0n) is 17.4. The quantitative estimate of drug-likeness (QED) is 0.509. The van der Waals surface area contributed by atoms with Crippen molar-refractivity contribution in [3.05, 3.63) is 61.1 Å². The molecule has 0 bridgehead atoms. The van der Waals surface area contributed by atoms with Crippen molar-refractivity contribution >= 4 is 29.1 Å². The van der Waals surface area contributed by atoms with Gasteiger partial charge in [-0.1, -0.05) is 13.8 Å². The molecule has 0 aliphatic carbocycles. The number of hydrogen-bond acceptors (Lipinski definition) is 6. The van der Waals surface area contributed by atoms with Gasteiger partial charge < -0.3 is 20.4 Å². The molecule has 10 nitrogen and oxygen atoms in total. The summed E-state index contributed by atoms with van der Waals surface area (Å²) in [7, 11) is 0. The molecule has 3 aromatic rings. The smallest absolute Gasteiger partial charge is 0.287 e. The molecule has 2 unspecified atom stereocenters. The van der Waals surface area contributed by atoms with Crippen LogP contribution < -0.4 is 16.0 Å². The molecule has 3 rings (SSSR count). The molecule has 0 saturated heterocycles. The Morgan fingerprint density at radius 3 is 2.13 bits per heavy atom. The summed E-state index contributed by atoms with van der Waals surface area (Å²) in [6.45, 7) is 5.38. The molecule has 31 heavy (non-hydrogen) atoms. The van der Waals surface area contributed by atoms with Gasteiger partial charge in [-0.2, -0.15) is 5.10 Å². The highest BCUT2D eigenvalue weighted by Crippen LogP contribution is 2.17. The zero-order valence-corrected chi connectivity index (χ0v) is 17.4. The molecule has 162 valence electrons. The number of amides is 3. The predicted molar refractivity (Wildman–Crippen MR) is 113 cm³/mol. The van der Waals surface area contributed by atoms with Gasteiger partial charge in [0.25, 0.3) is 5.91 Å². The van der Waals surface area contributed by atoms with E-state index in [2.05, 4.69) is 26.0 Å². The Hall–Kier alpha value is -3.95. The number of carbonyl (C=O) groups excluding carboxylic acids is 3. The number of benzene rings is 1. The topological polar surface area (TPSA) is 131 Å². The van der Waals surface area contributed by atoms with E-state index in [4.69, 9.17) is 4.42 Å². The maximum Gasteiger partial charge on any atom is 0.287 e. The first-order chi connectivity index (χ1) is 14.8. The normalized spacial score (nSPS) is 12.8. The average molecular weight is 424 g/mol. The highest BCUT2D eigenvalue weighted by atomic mass is 16.3. The van der Waals surface area contributed by atoms with E-state index in [0.717, 1.165) is 0 Å². The maximum absolute atomic E-state index is 12.7. The number of aromatic nitrogens is 3. The highest BCUT2D eigenvalue weighted by Gasteiger charge is 2.25. The minimum absolute atomic E-state index is 0.138. The van der Waals surface area contributed by atoms with Crippen LogP contribution in [0.1, 0.15) is 37.4 Å². The minimum atomic E-state index is -0.750. The van der Waals surface area contributed by atoms with Crippen LogP contribution in [0.4, 0.5) is 11.4 Å². The molecule has 10 heteroatoms. The lowest BCUT2D eigenvalue weighted by Crippen LogP contribution is -2.47. The molecule has 0 aliphatic heterocycles. The third kappa shape index (κ3) is 5.56. The summed E-state index contributed by atoms with van der Waals surface area (Å²) in [5.74, 6) is -1.07. The Morgan fingerprint density at radius 2 is 1.61 bits per heavy atom. The molecule has 2 atom stereocenters. The largest absolute Gasteiger partial charge is 0.459 e. The van der Waals surface area contributed by atoms with Crippen LogP contribution >= 0.6 is 0 Å². The second-order valence-electron chi connectivity index (χ2n) is 7.28. The summed E-state index contributed by atoms with van der Waals surface area (Å²) < 4.78 is 6.52. The third-order valence-electron chi connectivity index (χ3n) is 4.61. The molecule has 2 heterocycles. The summed E-state index contributed by atoms with van der Waals surface area (Å²) in [4.78, 5) is 41.1. The first-order valence-corrected chi connectivity index (χ1v) is 9.75. The van der Waals surface area contributed by atoms with Gasteiger partial charge in [0, 0.05) is 11.4 Å². The lowest BCUT2D eigenvalue weighted by molar-refractivity contribution is -0.119. The summed E-state index contributed by atoms with van der Waals surface area (Å²) in [5, 5.41) is 12.2. The van der Waals surface area contributed by atoms with E-state index in [1.54, 1.807) is 37.3 Å². The van der Waals surface area contributed by atoms with E-state index in [0.29, 0.717) is 11.4 Å². The fraction of sp³-hybridized carbons (Fsp3) is 0.286. The van der Waals surface area contributed by atoms with E-state index >= 15 is 0 Å². The SMILES string of the molecule is CC(C)C(NC(=O)c1ccco1)C(=O)Nc1ccc(NC(=O)C(C)n2cncn2)cc1. The fourth-order valence-corrected chi connectivity index (χ4v) is 2.80. The van der Waals surface area contributed by atoms with Crippen LogP contribution in [-0.4, -0.2) is 38.5 Å². The maximum atomic E-state index is 12.7. The molecule has 0 aliphatic rings.